The van der Waals surface area contributed by atoms with Crippen molar-refractivity contribution in [2.45, 2.75) is 25.9 Å². The van der Waals surface area contributed by atoms with Crippen LogP contribution in [-0.4, -0.2) is 12.6 Å². The number of amides is 1. The van der Waals surface area contributed by atoms with Crippen LogP contribution in [0.5, 0.6) is 0 Å². The topological polar surface area (TPSA) is 38.3 Å². The lowest BCUT2D eigenvalue weighted by Gasteiger charge is -2.07. The molecule has 0 aliphatic heterocycles. The van der Waals surface area contributed by atoms with Gasteiger partial charge in [-0.15, -0.1) is 0 Å². The van der Waals surface area contributed by atoms with Gasteiger partial charge < -0.3 is 10.1 Å². The molecule has 22 heavy (non-hydrogen) atoms. The molecule has 1 amide bonds. The van der Waals surface area contributed by atoms with Gasteiger partial charge in [0.15, 0.2) is 0 Å². The van der Waals surface area contributed by atoms with E-state index >= 15 is 0 Å². The van der Waals surface area contributed by atoms with E-state index in [0.717, 1.165) is 29.3 Å². The highest BCUT2D eigenvalue weighted by Crippen LogP contribution is 2.17. The number of hydrogen-bond acceptors (Lipinski definition) is 2. The third kappa shape index (κ3) is 5.90. The Morgan fingerprint density at radius 1 is 1.00 bits per heavy atom. The number of carbonyl (C=O) groups is 1. The van der Waals surface area contributed by atoms with Gasteiger partial charge in [0.05, 0.1) is 0 Å². The molecule has 116 valence electrons. The molecule has 0 saturated carbocycles. The molecule has 2 aromatic rings. The fourth-order valence-electron chi connectivity index (χ4n) is 2.11. The Morgan fingerprint density at radius 3 is 2.50 bits per heavy atom. The lowest BCUT2D eigenvalue weighted by Crippen LogP contribution is -2.25. The van der Waals surface area contributed by atoms with E-state index in [1.807, 2.05) is 42.5 Å². The maximum absolute atomic E-state index is 11.6. The maximum atomic E-state index is 11.6. The molecule has 0 radical (unpaired) electrons. The number of unbranched alkanes of at least 4 members (excludes halogenated alkanes) is 1. The predicted octanol–water partition coefficient (Wildman–Crippen LogP) is 4.70. The third-order valence-corrected chi connectivity index (χ3v) is 4.09. The molecule has 0 atom stereocenters. The molecule has 2 aromatic carbocycles. The minimum atomic E-state index is -0.357. The zero-order valence-corrected chi connectivity index (χ0v) is 14.0. The summed E-state index contributed by atoms with van der Waals surface area (Å²) in [5.74, 6) is 0. The number of carbonyl (C=O) groups excluding carboxylic acids is 1. The van der Waals surface area contributed by atoms with Crippen molar-refractivity contribution in [1.29, 1.82) is 0 Å². The van der Waals surface area contributed by atoms with Crippen molar-refractivity contribution in [3.8, 4) is 0 Å². The van der Waals surface area contributed by atoms with Crippen LogP contribution in [0.25, 0.3) is 0 Å². The molecule has 3 nitrogen and oxygen atoms in total. The highest BCUT2D eigenvalue weighted by Gasteiger charge is 2.02. The first-order chi connectivity index (χ1) is 10.8. The van der Waals surface area contributed by atoms with Crippen LogP contribution in [0.3, 0.4) is 0 Å². The number of alkyl carbamates (subject to hydrolysis) is 1. The summed E-state index contributed by atoms with van der Waals surface area (Å²) in [6.07, 6.45) is 2.61. The second kappa shape index (κ2) is 9.26. The summed E-state index contributed by atoms with van der Waals surface area (Å²) >= 11 is 3.54. The zero-order valence-electron chi connectivity index (χ0n) is 12.4. The second-order valence-corrected chi connectivity index (χ2v) is 5.89. The normalized spacial score (nSPS) is 10.2. The number of ether oxygens (including phenoxy) is 1. The van der Waals surface area contributed by atoms with Gasteiger partial charge >= 0.3 is 6.09 Å². The Labute approximate surface area is 139 Å². The van der Waals surface area contributed by atoms with Gasteiger partial charge in [-0.1, -0.05) is 64.5 Å². The van der Waals surface area contributed by atoms with E-state index in [4.69, 9.17) is 4.74 Å². The highest BCUT2D eigenvalue weighted by atomic mass is 79.9. The molecule has 0 unspecified atom stereocenters. The number of nitrogens with one attached hydrogen (secondary N) is 1. The van der Waals surface area contributed by atoms with Crippen molar-refractivity contribution < 1.29 is 9.53 Å². The summed E-state index contributed by atoms with van der Waals surface area (Å²) in [7, 11) is 0. The molecule has 0 aliphatic rings. The summed E-state index contributed by atoms with van der Waals surface area (Å²) in [5.41, 5.74) is 2.29. The van der Waals surface area contributed by atoms with Gasteiger partial charge in [-0.05, 0) is 36.5 Å². The number of rotatable bonds is 7. The van der Waals surface area contributed by atoms with Gasteiger partial charge in [-0.2, -0.15) is 0 Å². The Kier molecular flexibility index (Phi) is 6.97. The molecule has 0 heterocycles. The van der Waals surface area contributed by atoms with Crippen LogP contribution in [0, 0.1) is 0 Å². The number of aryl methyl sites for hydroxylation is 1. The third-order valence-electron chi connectivity index (χ3n) is 3.31. The molecule has 0 saturated heterocycles. The van der Waals surface area contributed by atoms with Gasteiger partial charge in [-0.25, -0.2) is 4.79 Å². The molecule has 2 rings (SSSR count). The second-order valence-electron chi connectivity index (χ2n) is 5.04. The zero-order chi connectivity index (χ0) is 15.6. The smallest absolute Gasteiger partial charge is 0.407 e. The lowest BCUT2D eigenvalue weighted by molar-refractivity contribution is 0.139. The summed E-state index contributed by atoms with van der Waals surface area (Å²) in [4.78, 5) is 11.6. The fraction of sp³-hybridized carbons (Fsp3) is 0.278. The van der Waals surface area contributed by atoms with Gasteiger partial charge in [0, 0.05) is 11.0 Å². The van der Waals surface area contributed by atoms with E-state index < -0.39 is 0 Å². The molecule has 1 N–H and O–H groups in total. The molecule has 0 aliphatic carbocycles. The SMILES string of the molecule is O=C(NCCCCc1ccccc1Br)OCc1ccccc1. The van der Waals surface area contributed by atoms with Crippen LogP contribution in [0.1, 0.15) is 24.0 Å². The van der Waals surface area contributed by atoms with Crippen molar-refractivity contribution in [1.82, 2.24) is 5.32 Å². The van der Waals surface area contributed by atoms with Crippen LogP contribution in [-0.2, 0) is 17.8 Å². The maximum Gasteiger partial charge on any atom is 0.407 e. The van der Waals surface area contributed by atoms with Crippen LogP contribution in [0.2, 0.25) is 0 Å². The van der Waals surface area contributed by atoms with E-state index in [1.165, 1.54) is 5.56 Å². The van der Waals surface area contributed by atoms with Gasteiger partial charge in [-0.3, -0.25) is 0 Å². The summed E-state index contributed by atoms with van der Waals surface area (Å²) in [6, 6.07) is 17.9. The summed E-state index contributed by atoms with van der Waals surface area (Å²) < 4.78 is 6.30. The molecule has 4 heteroatoms. The van der Waals surface area contributed by atoms with E-state index in [1.54, 1.807) is 0 Å². The molecular formula is C18H20BrNO2. The number of benzene rings is 2. The summed E-state index contributed by atoms with van der Waals surface area (Å²) in [5, 5.41) is 2.78. The summed E-state index contributed by atoms with van der Waals surface area (Å²) in [6.45, 7) is 0.946. The quantitative estimate of drug-likeness (QED) is 0.725. The monoisotopic (exact) mass is 361 g/mol. The van der Waals surface area contributed by atoms with Gasteiger partial charge in [0.25, 0.3) is 0 Å². The average molecular weight is 362 g/mol. The lowest BCUT2D eigenvalue weighted by atomic mass is 10.1. The Bertz CT molecular complexity index is 587. The number of hydrogen-bond donors (Lipinski definition) is 1. The van der Waals surface area contributed by atoms with Gasteiger partial charge in [0.2, 0.25) is 0 Å². The van der Waals surface area contributed by atoms with Crippen LogP contribution in [0.4, 0.5) is 4.79 Å². The van der Waals surface area contributed by atoms with Gasteiger partial charge in [0.1, 0.15) is 6.61 Å². The van der Waals surface area contributed by atoms with Crippen molar-refractivity contribution in [3.63, 3.8) is 0 Å². The van der Waals surface area contributed by atoms with Crippen LogP contribution >= 0.6 is 15.9 Å². The minimum absolute atomic E-state index is 0.309. The average Bonchev–Trinajstić information content (AvgIpc) is 2.55. The van der Waals surface area contributed by atoms with Crippen LogP contribution < -0.4 is 5.32 Å². The fourth-order valence-corrected chi connectivity index (χ4v) is 2.59. The van der Waals surface area contributed by atoms with Crippen LogP contribution in [0.15, 0.2) is 59.1 Å². The molecule has 0 fully saturated rings. The predicted molar refractivity (Wildman–Crippen MR) is 91.7 cm³/mol. The van der Waals surface area contributed by atoms with E-state index in [-0.39, 0.29) is 6.09 Å². The van der Waals surface area contributed by atoms with Crippen molar-refractivity contribution >= 4 is 22.0 Å². The molecule has 0 spiro atoms. The first-order valence-corrected chi connectivity index (χ1v) is 8.23. The van der Waals surface area contributed by atoms with E-state index in [9.17, 15) is 4.79 Å². The molecular weight excluding hydrogens is 342 g/mol. The number of halogens is 1. The first-order valence-electron chi connectivity index (χ1n) is 7.43. The van der Waals surface area contributed by atoms with Crippen molar-refractivity contribution in [2.75, 3.05) is 6.54 Å². The molecule has 0 bridgehead atoms. The largest absolute Gasteiger partial charge is 0.445 e. The highest BCUT2D eigenvalue weighted by molar-refractivity contribution is 9.10. The first kappa shape index (κ1) is 16.6. The molecule has 0 aromatic heterocycles. The van der Waals surface area contributed by atoms with E-state index in [0.29, 0.717) is 13.2 Å². The van der Waals surface area contributed by atoms with Crippen molar-refractivity contribution in [3.05, 3.63) is 70.2 Å². The Morgan fingerprint density at radius 2 is 1.73 bits per heavy atom. The van der Waals surface area contributed by atoms with Crippen molar-refractivity contribution in [2.24, 2.45) is 0 Å². The Balaban J connectivity index is 1.57. The van der Waals surface area contributed by atoms with E-state index in [2.05, 4.69) is 33.4 Å². The standard InChI is InChI=1S/C18H20BrNO2/c19-17-12-5-4-10-16(17)11-6-7-13-20-18(21)22-14-15-8-2-1-3-9-15/h1-5,8-10,12H,6-7,11,13-14H2,(H,20,21). The Hall–Kier alpha value is -1.81. The minimum Gasteiger partial charge on any atom is -0.445 e.